The number of carboxylic acid groups (broad SMARTS) is 1. The Morgan fingerprint density at radius 3 is 2.28 bits per heavy atom. The second-order valence-electron chi connectivity index (χ2n) is 6.96. The predicted octanol–water partition coefficient (Wildman–Crippen LogP) is 5.24. The van der Waals surface area contributed by atoms with E-state index in [1.165, 1.54) is 48.5 Å². The molecule has 0 saturated heterocycles. The van der Waals surface area contributed by atoms with Crippen LogP contribution in [-0.2, 0) is 16.4 Å². The summed E-state index contributed by atoms with van der Waals surface area (Å²) in [6.45, 7) is 0. The van der Waals surface area contributed by atoms with Crippen LogP contribution in [0.15, 0.2) is 65.6 Å². The second-order valence-corrected chi connectivity index (χ2v) is 9.15. The van der Waals surface area contributed by atoms with Gasteiger partial charge in [0.2, 0.25) is 0 Å². The first-order valence-electron chi connectivity index (χ1n) is 9.11. The summed E-state index contributed by atoms with van der Waals surface area (Å²) in [6, 6.07) is 12.9. The summed E-state index contributed by atoms with van der Waals surface area (Å²) in [5.41, 5.74) is 0.980. The number of nitrogens with zero attached hydrogens (tertiary/aromatic N) is 1. The molecule has 0 atom stereocenters. The molecule has 0 saturated carbocycles. The normalized spacial score (nSPS) is 11.8. The van der Waals surface area contributed by atoms with Gasteiger partial charge in [0.25, 0.3) is 10.0 Å². The highest BCUT2D eigenvalue weighted by Gasteiger charge is 2.29. The monoisotopic (exact) mass is 479 g/mol. The van der Waals surface area contributed by atoms with Crippen molar-refractivity contribution >= 4 is 38.5 Å². The highest BCUT2D eigenvalue weighted by atomic mass is 35.5. The molecule has 0 amide bonds. The van der Waals surface area contributed by atoms with Crippen molar-refractivity contribution in [2.45, 2.75) is 11.3 Å². The van der Waals surface area contributed by atoms with Crippen LogP contribution in [0, 0.1) is 17.5 Å². The van der Waals surface area contributed by atoms with E-state index in [4.69, 9.17) is 16.7 Å². The first-order chi connectivity index (χ1) is 15.1. The van der Waals surface area contributed by atoms with Crippen molar-refractivity contribution in [3.8, 4) is 0 Å². The molecule has 1 N–H and O–H groups in total. The summed E-state index contributed by atoms with van der Waals surface area (Å²) in [6.07, 6.45) is 0.0245. The minimum Gasteiger partial charge on any atom is -0.478 e. The second kappa shape index (κ2) is 7.99. The predicted molar refractivity (Wildman–Crippen MR) is 112 cm³/mol. The lowest BCUT2D eigenvalue weighted by atomic mass is 10.1. The van der Waals surface area contributed by atoms with E-state index in [1.54, 1.807) is 0 Å². The van der Waals surface area contributed by atoms with Gasteiger partial charge < -0.3 is 5.11 Å². The summed E-state index contributed by atoms with van der Waals surface area (Å²) in [7, 11) is -4.68. The van der Waals surface area contributed by atoms with Gasteiger partial charge in [0.05, 0.1) is 11.1 Å². The van der Waals surface area contributed by atoms with Crippen LogP contribution < -0.4 is 0 Å². The van der Waals surface area contributed by atoms with Gasteiger partial charge in [0.15, 0.2) is 17.5 Å². The van der Waals surface area contributed by atoms with E-state index in [1.807, 2.05) is 0 Å². The smallest absolute Gasteiger partial charge is 0.335 e. The number of hydrogen-bond donors (Lipinski definition) is 1. The summed E-state index contributed by atoms with van der Waals surface area (Å²) in [4.78, 5) is 10.0. The molecule has 0 spiro atoms. The molecule has 1 heterocycles. The zero-order valence-electron chi connectivity index (χ0n) is 16.0. The van der Waals surface area contributed by atoms with Crippen molar-refractivity contribution in [3.63, 3.8) is 0 Å². The maximum Gasteiger partial charge on any atom is 0.335 e. The van der Waals surface area contributed by atoms with Crippen LogP contribution in [0.5, 0.6) is 0 Å². The number of carbonyl (C=O) groups is 1. The summed E-state index contributed by atoms with van der Waals surface area (Å²) in [5.74, 6) is -6.34. The standard InChI is InChI=1S/C22H13ClF3NO4S/c23-15-5-7-18-14(10-15)11-16(9-12-1-3-13(4-2-12)22(28)29)27(18)32(30,31)19-8-6-17(24)20(25)21(19)26/h1-8,10-11H,9H2,(H,28,29). The van der Waals surface area contributed by atoms with Crippen LogP contribution >= 0.6 is 11.6 Å². The Labute approximate surface area is 185 Å². The van der Waals surface area contributed by atoms with E-state index in [2.05, 4.69) is 0 Å². The van der Waals surface area contributed by atoms with E-state index >= 15 is 0 Å². The number of fused-ring (bicyclic) bond motifs is 1. The third-order valence-electron chi connectivity index (χ3n) is 4.90. The molecule has 0 aliphatic carbocycles. The number of carboxylic acids is 1. The van der Waals surface area contributed by atoms with Crippen molar-refractivity contribution in [1.82, 2.24) is 3.97 Å². The minimum absolute atomic E-state index is 0.0245. The number of aromatic carboxylic acids is 1. The quantitative estimate of drug-likeness (QED) is 0.397. The van der Waals surface area contributed by atoms with Crippen LogP contribution in [0.3, 0.4) is 0 Å². The number of halogens is 4. The van der Waals surface area contributed by atoms with Crippen molar-refractivity contribution in [1.29, 1.82) is 0 Å². The molecule has 0 fully saturated rings. The van der Waals surface area contributed by atoms with Gasteiger partial charge in [-0.3, -0.25) is 0 Å². The highest BCUT2D eigenvalue weighted by Crippen LogP contribution is 2.31. The topological polar surface area (TPSA) is 76.4 Å². The average Bonchev–Trinajstić information content (AvgIpc) is 3.09. The van der Waals surface area contributed by atoms with Crippen molar-refractivity contribution in [2.75, 3.05) is 0 Å². The zero-order chi connectivity index (χ0) is 23.2. The number of benzene rings is 3. The SMILES string of the molecule is O=C(O)c1ccc(Cc2cc3cc(Cl)ccc3n2S(=O)(=O)c2ccc(F)c(F)c2F)cc1. The number of rotatable bonds is 5. The van der Waals surface area contributed by atoms with Crippen LogP contribution in [0.1, 0.15) is 21.6 Å². The first-order valence-corrected chi connectivity index (χ1v) is 10.9. The minimum atomic E-state index is -4.68. The molecular formula is C22H13ClF3NO4S. The fourth-order valence-electron chi connectivity index (χ4n) is 3.41. The van der Waals surface area contributed by atoms with Crippen LogP contribution in [0.2, 0.25) is 5.02 Å². The van der Waals surface area contributed by atoms with Crippen LogP contribution in [-0.4, -0.2) is 23.5 Å². The Kier molecular flexibility index (Phi) is 5.47. The highest BCUT2D eigenvalue weighted by molar-refractivity contribution is 7.90. The number of aromatic nitrogens is 1. The van der Waals surface area contributed by atoms with E-state index in [0.29, 0.717) is 28.1 Å². The Bertz CT molecular complexity index is 1480. The molecule has 0 unspecified atom stereocenters. The Balaban J connectivity index is 1.92. The van der Waals surface area contributed by atoms with Gasteiger partial charge in [-0.05, 0) is 54.1 Å². The van der Waals surface area contributed by atoms with Gasteiger partial charge in [-0.25, -0.2) is 30.4 Å². The van der Waals surface area contributed by atoms with Gasteiger partial charge in [-0.15, -0.1) is 0 Å². The van der Waals surface area contributed by atoms with Gasteiger partial charge >= 0.3 is 5.97 Å². The summed E-state index contributed by atoms with van der Waals surface area (Å²) >= 11 is 6.02. The summed E-state index contributed by atoms with van der Waals surface area (Å²) in [5, 5.41) is 9.81. The summed E-state index contributed by atoms with van der Waals surface area (Å²) < 4.78 is 69.1. The van der Waals surface area contributed by atoms with Gasteiger partial charge in [0, 0.05) is 22.5 Å². The molecule has 164 valence electrons. The van der Waals surface area contributed by atoms with E-state index in [0.717, 1.165) is 3.97 Å². The third-order valence-corrected chi connectivity index (χ3v) is 6.91. The van der Waals surface area contributed by atoms with Gasteiger partial charge in [-0.2, -0.15) is 0 Å². The lowest BCUT2D eigenvalue weighted by Gasteiger charge is -2.13. The third kappa shape index (κ3) is 3.74. The molecule has 0 aliphatic rings. The molecular weight excluding hydrogens is 467 g/mol. The Hall–Kier alpha value is -3.30. The van der Waals surface area contributed by atoms with Crippen molar-refractivity contribution in [2.24, 2.45) is 0 Å². The van der Waals surface area contributed by atoms with Gasteiger partial charge in [-0.1, -0.05) is 23.7 Å². The maximum atomic E-state index is 14.4. The van der Waals surface area contributed by atoms with Crippen molar-refractivity contribution in [3.05, 3.63) is 100.0 Å². The fourth-order valence-corrected chi connectivity index (χ4v) is 5.19. The van der Waals surface area contributed by atoms with E-state index in [9.17, 15) is 26.4 Å². The number of hydrogen-bond acceptors (Lipinski definition) is 3. The van der Waals surface area contributed by atoms with Gasteiger partial charge in [0.1, 0.15) is 4.90 Å². The molecule has 1 aromatic heterocycles. The Morgan fingerprint density at radius 2 is 1.62 bits per heavy atom. The van der Waals surface area contributed by atoms with Crippen molar-refractivity contribution < 1.29 is 31.5 Å². The Morgan fingerprint density at radius 1 is 0.938 bits per heavy atom. The zero-order valence-corrected chi connectivity index (χ0v) is 17.6. The first kappa shape index (κ1) is 21.9. The molecule has 32 heavy (non-hydrogen) atoms. The molecule has 10 heteroatoms. The largest absolute Gasteiger partial charge is 0.478 e. The van der Waals surface area contributed by atoms with E-state index in [-0.39, 0.29) is 23.2 Å². The average molecular weight is 480 g/mol. The molecule has 0 aliphatic heterocycles. The molecule has 0 radical (unpaired) electrons. The lowest BCUT2D eigenvalue weighted by molar-refractivity contribution is 0.0697. The van der Waals surface area contributed by atoms with Crippen LogP contribution in [0.25, 0.3) is 10.9 Å². The lowest BCUT2D eigenvalue weighted by Crippen LogP contribution is -2.18. The maximum absolute atomic E-state index is 14.4. The van der Waals surface area contributed by atoms with E-state index < -0.39 is 38.3 Å². The molecule has 3 aromatic carbocycles. The molecule has 4 aromatic rings. The molecule has 0 bridgehead atoms. The molecule has 5 nitrogen and oxygen atoms in total. The molecule has 4 rings (SSSR count). The van der Waals surface area contributed by atoms with Crippen LogP contribution in [0.4, 0.5) is 13.2 Å². The fraction of sp³-hybridized carbons (Fsp3) is 0.0455.